The molecule has 0 amide bonds. The van der Waals surface area contributed by atoms with Crippen molar-refractivity contribution < 1.29 is 9.13 Å². The van der Waals surface area contributed by atoms with Gasteiger partial charge in [-0.3, -0.25) is 0 Å². The Hall–Kier alpha value is -1.45. The number of nitrogens with two attached hydrogens (primary N) is 1. The molecule has 2 nitrogen and oxygen atoms in total. The third-order valence-corrected chi connectivity index (χ3v) is 2.84. The van der Waals surface area contributed by atoms with E-state index in [-0.39, 0.29) is 6.61 Å². The predicted octanol–water partition coefficient (Wildman–Crippen LogP) is 4.29. The zero-order chi connectivity index (χ0) is 13.1. The first-order chi connectivity index (χ1) is 8.56. The summed E-state index contributed by atoms with van der Waals surface area (Å²) in [7, 11) is 0. The lowest BCUT2D eigenvalue weighted by Crippen LogP contribution is -2.00. The molecule has 0 bridgehead atoms. The summed E-state index contributed by atoms with van der Waals surface area (Å²) in [6.45, 7) is 0.0782. The Kier molecular flexibility index (Phi) is 3.94. The molecule has 0 aliphatic rings. The van der Waals surface area contributed by atoms with Crippen LogP contribution in [0, 0.1) is 5.82 Å². The fourth-order valence-electron chi connectivity index (χ4n) is 1.45. The molecule has 0 aliphatic carbocycles. The SMILES string of the molecule is Nc1cc(Cl)ccc1OCc1ccc(Cl)cc1F. The second kappa shape index (κ2) is 5.46. The highest BCUT2D eigenvalue weighted by Crippen LogP contribution is 2.26. The maximum atomic E-state index is 13.5. The molecule has 0 spiro atoms. The first kappa shape index (κ1) is 13.0. The minimum absolute atomic E-state index is 0.0782. The molecule has 0 fully saturated rings. The van der Waals surface area contributed by atoms with Gasteiger partial charge < -0.3 is 10.5 Å². The summed E-state index contributed by atoms with van der Waals surface area (Å²) in [5, 5.41) is 0.875. The van der Waals surface area contributed by atoms with Crippen LogP contribution < -0.4 is 10.5 Å². The standard InChI is InChI=1S/C13H10Cl2FNO/c14-9-2-1-8(11(16)5-9)7-18-13-4-3-10(15)6-12(13)17/h1-6H,7,17H2. The molecule has 0 aliphatic heterocycles. The molecule has 0 aromatic heterocycles. The molecule has 0 unspecified atom stereocenters. The van der Waals surface area contributed by atoms with Gasteiger partial charge in [0, 0.05) is 15.6 Å². The molecule has 0 heterocycles. The number of benzene rings is 2. The van der Waals surface area contributed by atoms with E-state index in [1.54, 1.807) is 30.3 Å². The number of halogens is 3. The molecule has 94 valence electrons. The Bertz CT molecular complexity index is 523. The zero-order valence-corrected chi connectivity index (χ0v) is 10.8. The van der Waals surface area contributed by atoms with Gasteiger partial charge in [-0.05, 0) is 30.3 Å². The second-order valence-electron chi connectivity index (χ2n) is 3.71. The largest absolute Gasteiger partial charge is 0.487 e. The van der Waals surface area contributed by atoms with Gasteiger partial charge in [-0.1, -0.05) is 29.3 Å². The highest BCUT2D eigenvalue weighted by Gasteiger charge is 2.06. The van der Waals surface area contributed by atoms with Crippen molar-refractivity contribution >= 4 is 28.9 Å². The van der Waals surface area contributed by atoms with Crippen LogP contribution in [0.15, 0.2) is 36.4 Å². The summed E-state index contributed by atoms with van der Waals surface area (Å²) in [6, 6.07) is 9.30. The highest BCUT2D eigenvalue weighted by atomic mass is 35.5. The van der Waals surface area contributed by atoms with Crippen LogP contribution in [0.25, 0.3) is 0 Å². The van der Waals surface area contributed by atoms with Gasteiger partial charge in [-0.15, -0.1) is 0 Å². The monoisotopic (exact) mass is 285 g/mol. The molecular formula is C13H10Cl2FNO. The van der Waals surface area contributed by atoms with E-state index in [9.17, 15) is 4.39 Å². The quantitative estimate of drug-likeness (QED) is 0.854. The molecule has 2 rings (SSSR count). The Morgan fingerprint density at radius 3 is 2.39 bits per heavy atom. The number of rotatable bonds is 3. The summed E-state index contributed by atoms with van der Waals surface area (Å²) in [5.74, 6) is 0.0591. The molecular weight excluding hydrogens is 276 g/mol. The molecule has 0 saturated heterocycles. The summed E-state index contributed by atoms with van der Waals surface area (Å²) in [4.78, 5) is 0. The fraction of sp³-hybridized carbons (Fsp3) is 0.0769. The predicted molar refractivity (Wildman–Crippen MR) is 71.6 cm³/mol. The Labute approximate surface area is 114 Å². The summed E-state index contributed by atoms with van der Waals surface area (Å²) >= 11 is 11.4. The number of ether oxygens (including phenoxy) is 1. The van der Waals surface area contributed by atoms with Gasteiger partial charge >= 0.3 is 0 Å². The third-order valence-electron chi connectivity index (χ3n) is 2.37. The van der Waals surface area contributed by atoms with E-state index in [4.69, 9.17) is 33.7 Å². The maximum Gasteiger partial charge on any atom is 0.142 e. The molecule has 0 atom stereocenters. The minimum Gasteiger partial charge on any atom is -0.487 e. The number of anilines is 1. The van der Waals surface area contributed by atoms with Crippen LogP contribution in [-0.4, -0.2) is 0 Å². The lowest BCUT2D eigenvalue weighted by molar-refractivity contribution is 0.301. The minimum atomic E-state index is -0.407. The van der Waals surface area contributed by atoms with Crippen molar-refractivity contribution in [3.63, 3.8) is 0 Å². The van der Waals surface area contributed by atoms with Crippen LogP contribution in [0.4, 0.5) is 10.1 Å². The number of hydrogen-bond donors (Lipinski definition) is 1. The number of nitrogen functional groups attached to an aromatic ring is 1. The summed E-state index contributed by atoms with van der Waals surface area (Å²) in [6.07, 6.45) is 0. The van der Waals surface area contributed by atoms with Gasteiger partial charge in [0.05, 0.1) is 5.69 Å². The number of hydrogen-bond acceptors (Lipinski definition) is 2. The van der Waals surface area contributed by atoms with Crippen LogP contribution in [0.3, 0.4) is 0 Å². The van der Waals surface area contributed by atoms with Crippen LogP contribution in [0.2, 0.25) is 10.0 Å². The van der Waals surface area contributed by atoms with E-state index in [1.807, 2.05) is 0 Å². The van der Waals surface area contributed by atoms with Crippen molar-refractivity contribution in [3.8, 4) is 5.75 Å². The lowest BCUT2D eigenvalue weighted by atomic mass is 10.2. The van der Waals surface area contributed by atoms with Gasteiger partial charge in [0.25, 0.3) is 0 Å². The maximum absolute atomic E-state index is 13.5. The van der Waals surface area contributed by atoms with Gasteiger partial charge in [-0.2, -0.15) is 0 Å². The van der Waals surface area contributed by atoms with Crippen molar-refractivity contribution in [3.05, 3.63) is 57.8 Å². The molecule has 2 aromatic carbocycles. The van der Waals surface area contributed by atoms with Crippen LogP contribution in [0.5, 0.6) is 5.75 Å². The molecule has 5 heteroatoms. The first-order valence-electron chi connectivity index (χ1n) is 5.18. The van der Waals surface area contributed by atoms with Gasteiger partial charge in [0.2, 0.25) is 0 Å². The van der Waals surface area contributed by atoms with Crippen molar-refractivity contribution in [2.24, 2.45) is 0 Å². The topological polar surface area (TPSA) is 35.2 Å². The van der Waals surface area contributed by atoms with Crippen molar-refractivity contribution in [1.82, 2.24) is 0 Å². The van der Waals surface area contributed by atoms with E-state index in [0.29, 0.717) is 27.0 Å². The average molecular weight is 286 g/mol. The normalized spacial score (nSPS) is 10.4. The lowest BCUT2D eigenvalue weighted by Gasteiger charge is -2.09. The molecule has 0 saturated carbocycles. The Morgan fingerprint density at radius 2 is 1.72 bits per heavy atom. The van der Waals surface area contributed by atoms with Crippen LogP contribution in [0.1, 0.15) is 5.56 Å². The smallest absolute Gasteiger partial charge is 0.142 e. The van der Waals surface area contributed by atoms with E-state index in [1.165, 1.54) is 6.07 Å². The van der Waals surface area contributed by atoms with Gasteiger partial charge in [0.15, 0.2) is 0 Å². The van der Waals surface area contributed by atoms with Crippen molar-refractivity contribution in [2.75, 3.05) is 5.73 Å². The van der Waals surface area contributed by atoms with E-state index < -0.39 is 5.82 Å². The average Bonchev–Trinajstić information content (AvgIpc) is 2.30. The Morgan fingerprint density at radius 1 is 1.06 bits per heavy atom. The molecule has 2 N–H and O–H groups in total. The van der Waals surface area contributed by atoms with Crippen molar-refractivity contribution in [1.29, 1.82) is 0 Å². The van der Waals surface area contributed by atoms with Crippen molar-refractivity contribution in [2.45, 2.75) is 6.61 Å². The summed E-state index contributed by atoms with van der Waals surface area (Å²) < 4.78 is 18.9. The van der Waals surface area contributed by atoms with Crippen LogP contribution in [-0.2, 0) is 6.61 Å². The molecule has 0 radical (unpaired) electrons. The van der Waals surface area contributed by atoms with E-state index in [0.717, 1.165) is 0 Å². The first-order valence-corrected chi connectivity index (χ1v) is 5.93. The zero-order valence-electron chi connectivity index (χ0n) is 9.29. The summed E-state index contributed by atoms with van der Waals surface area (Å²) in [5.41, 5.74) is 6.55. The Balaban J connectivity index is 2.11. The highest BCUT2D eigenvalue weighted by molar-refractivity contribution is 6.31. The van der Waals surface area contributed by atoms with Gasteiger partial charge in [-0.25, -0.2) is 4.39 Å². The van der Waals surface area contributed by atoms with Gasteiger partial charge in [0.1, 0.15) is 18.2 Å². The fourth-order valence-corrected chi connectivity index (χ4v) is 1.78. The van der Waals surface area contributed by atoms with E-state index in [2.05, 4.69) is 0 Å². The molecule has 2 aromatic rings. The van der Waals surface area contributed by atoms with Crippen LogP contribution >= 0.6 is 23.2 Å². The third kappa shape index (κ3) is 3.06. The molecule has 18 heavy (non-hydrogen) atoms. The van der Waals surface area contributed by atoms with E-state index >= 15 is 0 Å². The second-order valence-corrected chi connectivity index (χ2v) is 4.58.